The molecule has 0 saturated carbocycles. The number of carbonyl (C=O) groups excluding carboxylic acids is 1. The average molecular weight is 275 g/mol. The molecular formula is C9H5BrF2N2O. The SMILES string of the molecule is N#Cc1cnc(CBr)c(C=O)c1C(F)F. The van der Waals surface area contributed by atoms with Gasteiger partial charge in [0, 0.05) is 22.7 Å². The van der Waals surface area contributed by atoms with Gasteiger partial charge in [-0.05, 0) is 0 Å². The summed E-state index contributed by atoms with van der Waals surface area (Å²) in [5.41, 5.74) is -0.811. The molecule has 0 radical (unpaired) electrons. The second kappa shape index (κ2) is 4.94. The molecule has 3 nitrogen and oxygen atoms in total. The van der Waals surface area contributed by atoms with E-state index >= 15 is 0 Å². The first-order chi connectivity index (χ1) is 7.15. The third kappa shape index (κ3) is 2.18. The van der Waals surface area contributed by atoms with E-state index in [0.717, 1.165) is 6.20 Å². The highest BCUT2D eigenvalue weighted by Crippen LogP contribution is 2.27. The molecule has 0 N–H and O–H groups in total. The van der Waals surface area contributed by atoms with E-state index in [4.69, 9.17) is 5.26 Å². The fraction of sp³-hybridized carbons (Fsp3) is 0.222. The van der Waals surface area contributed by atoms with Gasteiger partial charge in [0.05, 0.1) is 11.3 Å². The van der Waals surface area contributed by atoms with Crippen molar-refractivity contribution in [1.29, 1.82) is 5.26 Å². The molecule has 0 saturated heterocycles. The van der Waals surface area contributed by atoms with Crippen LogP contribution in [-0.2, 0) is 5.33 Å². The van der Waals surface area contributed by atoms with Crippen molar-refractivity contribution in [1.82, 2.24) is 4.98 Å². The van der Waals surface area contributed by atoms with Gasteiger partial charge in [-0.25, -0.2) is 8.78 Å². The monoisotopic (exact) mass is 274 g/mol. The van der Waals surface area contributed by atoms with Crippen LogP contribution < -0.4 is 0 Å². The number of hydrogen-bond acceptors (Lipinski definition) is 3. The molecule has 0 amide bonds. The van der Waals surface area contributed by atoms with Gasteiger partial charge < -0.3 is 0 Å². The minimum Gasteiger partial charge on any atom is -0.298 e. The van der Waals surface area contributed by atoms with E-state index < -0.39 is 12.0 Å². The Bertz CT molecular complexity index is 429. The molecule has 1 aromatic rings. The molecule has 6 heteroatoms. The Hall–Kier alpha value is -1.35. The molecule has 1 rings (SSSR count). The maximum Gasteiger partial charge on any atom is 0.265 e. The molecule has 0 unspecified atom stereocenters. The molecule has 78 valence electrons. The largest absolute Gasteiger partial charge is 0.298 e. The van der Waals surface area contributed by atoms with Crippen molar-refractivity contribution < 1.29 is 13.6 Å². The van der Waals surface area contributed by atoms with Crippen molar-refractivity contribution in [3.8, 4) is 6.07 Å². The Labute approximate surface area is 92.9 Å². The van der Waals surface area contributed by atoms with Crippen LogP contribution in [0.15, 0.2) is 6.20 Å². The Morgan fingerprint density at radius 1 is 1.67 bits per heavy atom. The maximum absolute atomic E-state index is 12.6. The first kappa shape index (κ1) is 11.7. The van der Waals surface area contributed by atoms with Crippen LogP contribution in [0.3, 0.4) is 0 Å². The molecule has 0 atom stereocenters. The van der Waals surface area contributed by atoms with Crippen LogP contribution >= 0.6 is 15.9 Å². The molecule has 1 aromatic heterocycles. The van der Waals surface area contributed by atoms with Crippen molar-refractivity contribution in [3.63, 3.8) is 0 Å². The lowest BCUT2D eigenvalue weighted by Gasteiger charge is -2.08. The van der Waals surface area contributed by atoms with Crippen LogP contribution in [0.25, 0.3) is 0 Å². The summed E-state index contributed by atoms with van der Waals surface area (Å²) in [6, 6.07) is 1.59. The standard InChI is InChI=1S/C9H5BrF2N2O/c10-1-7-6(4-15)8(9(11)12)5(2-13)3-14-7/h3-4,9H,1H2. The Kier molecular flexibility index (Phi) is 3.86. The fourth-order valence-corrected chi connectivity index (χ4v) is 1.59. The number of alkyl halides is 3. The van der Waals surface area contributed by atoms with Gasteiger partial charge in [-0.3, -0.25) is 9.78 Å². The summed E-state index contributed by atoms with van der Waals surface area (Å²) in [5.74, 6) is 0. The molecule has 0 aliphatic rings. The summed E-state index contributed by atoms with van der Waals surface area (Å²) in [4.78, 5) is 14.4. The van der Waals surface area contributed by atoms with E-state index in [1.54, 1.807) is 6.07 Å². The quantitative estimate of drug-likeness (QED) is 0.629. The minimum absolute atomic E-state index is 0.187. The van der Waals surface area contributed by atoms with E-state index in [1.807, 2.05) is 0 Å². The van der Waals surface area contributed by atoms with E-state index in [1.165, 1.54) is 0 Å². The number of aromatic nitrogens is 1. The van der Waals surface area contributed by atoms with Gasteiger partial charge in [-0.2, -0.15) is 5.26 Å². The van der Waals surface area contributed by atoms with Crippen LogP contribution in [-0.4, -0.2) is 11.3 Å². The van der Waals surface area contributed by atoms with Crippen molar-refractivity contribution in [2.45, 2.75) is 11.8 Å². The van der Waals surface area contributed by atoms with Crippen molar-refractivity contribution in [2.75, 3.05) is 0 Å². The summed E-state index contributed by atoms with van der Waals surface area (Å²) in [6.45, 7) is 0. The smallest absolute Gasteiger partial charge is 0.265 e. The molecule has 0 fully saturated rings. The van der Waals surface area contributed by atoms with Crippen molar-refractivity contribution in [2.24, 2.45) is 0 Å². The molecule has 15 heavy (non-hydrogen) atoms. The third-order valence-electron chi connectivity index (χ3n) is 1.82. The highest BCUT2D eigenvalue weighted by atomic mass is 79.9. The van der Waals surface area contributed by atoms with Gasteiger partial charge >= 0.3 is 0 Å². The van der Waals surface area contributed by atoms with Gasteiger partial charge in [0.15, 0.2) is 6.29 Å². The van der Waals surface area contributed by atoms with Crippen molar-refractivity contribution >= 4 is 22.2 Å². The van der Waals surface area contributed by atoms with Crippen LogP contribution in [0.4, 0.5) is 8.78 Å². The number of nitriles is 1. The predicted octanol–water partition coefficient (Wildman–Crippen LogP) is 2.60. The second-order valence-corrected chi connectivity index (χ2v) is 3.17. The number of nitrogens with zero attached hydrogens (tertiary/aromatic N) is 2. The number of carbonyl (C=O) groups is 1. The maximum atomic E-state index is 12.6. The zero-order chi connectivity index (χ0) is 11.4. The van der Waals surface area contributed by atoms with Crippen LogP contribution in [0.5, 0.6) is 0 Å². The van der Waals surface area contributed by atoms with Gasteiger partial charge in [-0.1, -0.05) is 15.9 Å². The number of pyridine rings is 1. The molecular weight excluding hydrogens is 270 g/mol. The predicted molar refractivity (Wildman–Crippen MR) is 51.9 cm³/mol. The van der Waals surface area contributed by atoms with Gasteiger partial charge in [0.25, 0.3) is 6.43 Å². The zero-order valence-electron chi connectivity index (χ0n) is 7.38. The molecule has 0 aliphatic carbocycles. The fourth-order valence-electron chi connectivity index (χ4n) is 1.14. The van der Waals surface area contributed by atoms with E-state index in [2.05, 4.69) is 20.9 Å². The molecule has 0 spiro atoms. The number of rotatable bonds is 3. The highest BCUT2D eigenvalue weighted by Gasteiger charge is 2.21. The molecule has 0 aliphatic heterocycles. The lowest BCUT2D eigenvalue weighted by molar-refractivity contribution is 0.110. The molecule has 0 aromatic carbocycles. The number of aldehydes is 1. The average Bonchev–Trinajstić information content (AvgIpc) is 2.26. The first-order valence-electron chi connectivity index (χ1n) is 3.86. The topological polar surface area (TPSA) is 53.8 Å². The minimum atomic E-state index is -2.86. The van der Waals surface area contributed by atoms with Crippen LogP contribution in [0.1, 0.15) is 33.6 Å². The molecule has 0 bridgehead atoms. The Morgan fingerprint density at radius 3 is 2.73 bits per heavy atom. The van der Waals surface area contributed by atoms with E-state index in [-0.39, 0.29) is 22.2 Å². The lowest BCUT2D eigenvalue weighted by atomic mass is 10.0. The normalized spacial score (nSPS) is 10.1. The van der Waals surface area contributed by atoms with Crippen molar-refractivity contribution in [3.05, 3.63) is 28.6 Å². The zero-order valence-corrected chi connectivity index (χ0v) is 8.96. The third-order valence-corrected chi connectivity index (χ3v) is 2.35. The number of hydrogen-bond donors (Lipinski definition) is 0. The van der Waals surface area contributed by atoms with Gasteiger partial charge in [0.2, 0.25) is 0 Å². The van der Waals surface area contributed by atoms with Crippen LogP contribution in [0, 0.1) is 11.3 Å². The van der Waals surface area contributed by atoms with Crippen LogP contribution in [0.2, 0.25) is 0 Å². The molecule has 1 heterocycles. The summed E-state index contributed by atoms with van der Waals surface area (Å²) < 4.78 is 25.3. The van der Waals surface area contributed by atoms with Gasteiger partial charge in [-0.15, -0.1) is 0 Å². The Balaban J connectivity index is 3.53. The highest BCUT2D eigenvalue weighted by molar-refractivity contribution is 9.08. The lowest BCUT2D eigenvalue weighted by Crippen LogP contribution is -2.04. The number of halogens is 3. The van der Waals surface area contributed by atoms with Gasteiger partial charge in [0.1, 0.15) is 6.07 Å². The summed E-state index contributed by atoms with van der Waals surface area (Å²) in [7, 11) is 0. The second-order valence-electron chi connectivity index (χ2n) is 2.61. The summed E-state index contributed by atoms with van der Waals surface area (Å²) in [5, 5.41) is 8.79. The summed E-state index contributed by atoms with van der Waals surface area (Å²) >= 11 is 3.03. The summed E-state index contributed by atoms with van der Waals surface area (Å²) in [6.07, 6.45) is -1.52. The Morgan fingerprint density at radius 2 is 2.33 bits per heavy atom. The van der Waals surface area contributed by atoms with E-state index in [9.17, 15) is 13.6 Å². The van der Waals surface area contributed by atoms with E-state index in [0.29, 0.717) is 6.29 Å². The first-order valence-corrected chi connectivity index (χ1v) is 4.99.